The number of methoxy groups -OCH3 is 1. The van der Waals surface area contributed by atoms with E-state index in [2.05, 4.69) is 41.5 Å². The van der Waals surface area contributed by atoms with Crippen molar-refractivity contribution < 1.29 is 43.4 Å². The lowest BCUT2D eigenvalue weighted by atomic mass is 9.96. The van der Waals surface area contributed by atoms with E-state index < -0.39 is 95.5 Å². The summed E-state index contributed by atoms with van der Waals surface area (Å²) in [4.78, 5) is 109. The molecule has 0 bridgehead atoms. The number of hydrogen-bond donors (Lipinski definition) is 10. The average molecular weight is 945 g/mol. The summed E-state index contributed by atoms with van der Waals surface area (Å²) in [6.07, 6.45) is 4.66. The highest BCUT2D eigenvalue weighted by molar-refractivity contribution is 5.97. The monoisotopic (exact) mass is 945 g/mol. The van der Waals surface area contributed by atoms with Crippen molar-refractivity contribution in [2.75, 3.05) is 20.2 Å². The molecular weight excluding hydrogens is 877 g/mol. The van der Waals surface area contributed by atoms with Gasteiger partial charge in [0, 0.05) is 44.2 Å². The van der Waals surface area contributed by atoms with Gasteiger partial charge >= 0.3 is 5.97 Å². The van der Waals surface area contributed by atoms with Crippen molar-refractivity contribution in [2.24, 2.45) is 34.0 Å². The van der Waals surface area contributed by atoms with Gasteiger partial charge in [-0.15, -0.1) is 0 Å². The Hall–Kier alpha value is -7.03. The Morgan fingerprint density at radius 1 is 0.824 bits per heavy atom. The minimum atomic E-state index is -1.26. The second kappa shape index (κ2) is 26.3. The fraction of sp³-hybridized carbons (Fsp3) is 0.511. The van der Waals surface area contributed by atoms with Crippen LogP contribution in [-0.2, 0) is 52.8 Å². The number of rotatable bonds is 26. The summed E-state index contributed by atoms with van der Waals surface area (Å²) < 4.78 is 5.30. The average Bonchev–Trinajstić information content (AvgIpc) is 4.03. The van der Waals surface area contributed by atoms with Gasteiger partial charge in [-0.05, 0) is 60.8 Å². The number of H-pyrrole nitrogens is 1. The van der Waals surface area contributed by atoms with Gasteiger partial charge in [-0.1, -0.05) is 76.6 Å². The summed E-state index contributed by atoms with van der Waals surface area (Å²) in [7, 11) is 1.51. The summed E-state index contributed by atoms with van der Waals surface area (Å²) >= 11 is 0. The van der Waals surface area contributed by atoms with Gasteiger partial charge in [0.05, 0.1) is 19.5 Å². The van der Waals surface area contributed by atoms with Gasteiger partial charge in [0.15, 0.2) is 5.96 Å². The molecule has 3 aromatic rings. The van der Waals surface area contributed by atoms with Gasteiger partial charge in [-0.25, -0.2) is 9.78 Å². The number of carboxylic acid groups (broad SMARTS) is 1. The predicted octanol–water partition coefficient (Wildman–Crippen LogP) is 0.0288. The highest BCUT2D eigenvalue weighted by Crippen LogP contribution is 2.21. The summed E-state index contributed by atoms with van der Waals surface area (Å²) in [6.45, 7) is 7.48. The molecule has 0 radical (unpaired) electrons. The Balaban J connectivity index is 1.56. The lowest BCUT2D eigenvalue weighted by molar-refractivity contribution is -0.145. The van der Waals surface area contributed by atoms with Crippen LogP contribution in [0.3, 0.4) is 0 Å². The SMILES string of the molecule is CC[C@H](C)[C@H](NC(=O)[C@H](Cc1ccc(OC)cc1)NC(=O)[C@@H](NC(=O)[C@@H](N)CCCN=C(N)N)C(C)C)C(=O)N[C@@H](Cc1cnc[nH]1)C(=O)N1CCC[C@H]1C(=O)N[C@@H](Cc1ccccc1)C(=O)O. The number of aliphatic carboxylic acids is 1. The van der Waals surface area contributed by atoms with E-state index in [-0.39, 0.29) is 51.2 Å². The maximum absolute atomic E-state index is 14.5. The van der Waals surface area contributed by atoms with Crippen LogP contribution in [0, 0.1) is 11.8 Å². The minimum Gasteiger partial charge on any atom is -0.497 e. The fourth-order valence-electron chi connectivity index (χ4n) is 7.77. The quantitative estimate of drug-likeness (QED) is 0.0289. The Labute approximate surface area is 396 Å². The second-order valence-electron chi connectivity index (χ2n) is 17.4. The number of hydrogen-bond acceptors (Lipinski definition) is 11. The number of carboxylic acids is 1. The van der Waals surface area contributed by atoms with Gasteiger partial charge < -0.3 is 63.5 Å². The lowest BCUT2D eigenvalue weighted by Crippen LogP contribution is -2.61. The van der Waals surface area contributed by atoms with Gasteiger partial charge in [-0.2, -0.15) is 0 Å². The number of aliphatic imine (C=N–C) groups is 1. The number of carbonyl (C=O) groups excluding carboxylic acids is 6. The summed E-state index contributed by atoms with van der Waals surface area (Å²) in [5.41, 5.74) is 18.8. The molecule has 1 fully saturated rings. The van der Waals surface area contributed by atoms with Crippen molar-refractivity contribution in [3.05, 3.63) is 83.9 Å². The summed E-state index contributed by atoms with van der Waals surface area (Å²) in [5, 5.41) is 23.8. The molecule has 0 unspecified atom stereocenters. The van der Waals surface area contributed by atoms with Crippen LogP contribution < -0.4 is 48.5 Å². The number of likely N-dealkylation sites (tertiary alicyclic amines) is 1. The van der Waals surface area contributed by atoms with E-state index in [1.165, 1.54) is 24.5 Å². The Morgan fingerprint density at radius 3 is 2.06 bits per heavy atom. The number of carbonyl (C=O) groups is 7. The van der Waals surface area contributed by atoms with Crippen LogP contribution in [0.1, 0.15) is 76.6 Å². The van der Waals surface area contributed by atoms with Crippen LogP contribution in [0.5, 0.6) is 5.75 Å². The number of imidazole rings is 1. The number of nitrogens with zero attached hydrogens (tertiary/aromatic N) is 3. The molecule has 6 amide bonds. The van der Waals surface area contributed by atoms with E-state index in [0.29, 0.717) is 41.8 Å². The molecule has 0 spiro atoms. The van der Waals surface area contributed by atoms with Crippen LogP contribution in [0.4, 0.5) is 0 Å². The van der Waals surface area contributed by atoms with Crippen molar-refractivity contribution in [2.45, 2.75) is 121 Å². The van der Waals surface area contributed by atoms with E-state index in [1.807, 2.05) is 6.92 Å². The first kappa shape index (κ1) is 53.6. The zero-order valence-electron chi connectivity index (χ0n) is 39.4. The topological polar surface area (TPSA) is 331 Å². The number of aromatic nitrogens is 2. The molecule has 21 heteroatoms. The van der Waals surface area contributed by atoms with Crippen LogP contribution in [0.25, 0.3) is 0 Å². The maximum Gasteiger partial charge on any atom is 0.326 e. The zero-order valence-corrected chi connectivity index (χ0v) is 39.4. The normalized spacial score (nSPS) is 16.5. The van der Waals surface area contributed by atoms with Crippen molar-refractivity contribution >= 4 is 47.4 Å². The predicted molar refractivity (Wildman–Crippen MR) is 253 cm³/mol. The molecule has 13 N–H and O–H groups in total. The largest absolute Gasteiger partial charge is 0.497 e. The highest BCUT2D eigenvalue weighted by atomic mass is 16.5. The molecule has 2 aromatic carbocycles. The van der Waals surface area contributed by atoms with Crippen LogP contribution in [0.15, 0.2) is 72.1 Å². The van der Waals surface area contributed by atoms with E-state index in [4.69, 9.17) is 21.9 Å². The molecule has 21 nitrogen and oxygen atoms in total. The van der Waals surface area contributed by atoms with E-state index in [1.54, 1.807) is 75.4 Å². The number of nitrogens with one attached hydrogen (secondary N) is 6. The summed E-state index contributed by atoms with van der Waals surface area (Å²) in [5.74, 6) is -5.56. The molecular formula is C47H68N12O9. The summed E-state index contributed by atoms with van der Waals surface area (Å²) in [6, 6.07) is 7.65. The number of amides is 6. The number of ether oxygens (including phenoxy) is 1. The lowest BCUT2D eigenvalue weighted by Gasteiger charge is -2.32. The molecule has 1 aliphatic rings. The van der Waals surface area contributed by atoms with Crippen molar-refractivity contribution in [3.8, 4) is 5.75 Å². The number of benzene rings is 2. The molecule has 2 heterocycles. The molecule has 1 saturated heterocycles. The molecule has 68 heavy (non-hydrogen) atoms. The van der Waals surface area contributed by atoms with Crippen molar-refractivity contribution in [3.63, 3.8) is 0 Å². The van der Waals surface area contributed by atoms with Gasteiger partial charge in [-0.3, -0.25) is 33.8 Å². The smallest absolute Gasteiger partial charge is 0.326 e. The standard InChI is InChI=1S/C47H68N12O9/c1-6-28(4)39(58-41(61)34(22-30-16-18-32(68-5)19-17-30)54-43(63)38(27(2)3)57-40(60)33(48)14-10-20-52-47(49)50)44(64)55-35(24-31-25-51-26-53-31)45(65)59-21-11-15-37(59)42(62)56-36(46(66)67)23-29-12-8-7-9-13-29/h7-9,12-13,16-19,25-28,33-39H,6,10-11,14-15,20-24,48H2,1-5H3,(H,51,53)(H,54,63)(H,55,64)(H,56,62)(H,57,60)(H,58,61)(H,66,67)(H4,49,50,52)/t28-,33-,34-,35-,36-,37-,38-,39-/m0/s1. The number of nitrogens with two attached hydrogens (primary N) is 3. The Morgan fingerprint density at radius 2 is 1.46 bits per heavy atom. The van der Waals surface area contributed by atoms with E-state index in [0.717, 1.165) is 0 Å². The third kappa shape index (κ3) is 16.1. The molecule has 1 aliphatic heterocycles. The minimum absolute atomic E-state index is 0.0209. The van der Waals surface area contributed by atoms with E-state index in [9.17, 15) is 38.7 Å². The third-order valence-corrected chi connectivity index (χ3v) is 11.9. The highest BCUT2D eigenvalue weighted by Gasteiger charge is 2.41. The van der Waals surface area contributed by atoms with Gasteiger partial charge in [0.1, 0.15) is 42.0 Å². The molecule has 4 rings (SSSR count). The first-order valence-corrected chi connectivity index (χ1v) is 22.9. The van der Waals surface area contributed by atoms with Crippen LogP contribution in [-0.4, -0.2) is 130 Å². The molecule has 1 aromatic heterocycles. The second-order valence-corrected chi connectivity index (χ2v) is 17.4. The molecule has 0 saturated carbocycles. The third-order valence-electron chi connectivity index (χ3n) is 11.9. The molecule has 370 valence electrons. The number of aromatic amines is 1. The zero-order chi connectivity index (χ0) is 49.9. The fourth-order valence-corrected chi connectivity index (χ4v) is 7.77. The van der Waals surface area contributed by atoms with Crippen LogP contribution >= 0.6 is 0 Å². The first-order valence-electron chi connectivity index (χ1n) is 22.9. The Bertz CT molecular complexity index is 2170. The van der Waals surface area contributed by atoms with Gasteiger partial charge in [0.25, 0.3) is 0 Å². The first-order chi connectivity index (χ1) is 32.4. The van der Waals surface area contributed by atoms with Gasteiger partial charge in [0.2, 0.25) is 35.4 Å². The van der Waals surface area contributed by atoms with Crippen molar-refractivity contribution in [1.29, 1.82) is 0 Å². The molecule has 8 atom stereocenters. The van der Waals surface area contributed by atoms with Crippen LogP contribution in [0.2, 0.25) is 0 Å². The van der Waals surface area contributed by atoms with E-state index >= 15 is 0 Å². The maximum atomic E-state index is 14.5. The Kier molecular flexibility index (Phi) is 20.8. The number of guanidine groups is 1. The molecule has 0 aliphatic carbocycles. The van der Waals surface area contributed by atoms with Crippen molar-refractivity contribution in [1.82, 2.24) is 41.5 Å².